The van der Waals surface area contributed by atoms with Crippen LogP contribution < -0.4 is 10.2 Å². The quantitative estimate of drug-likeness (QED) is 0.703. The van der Waals surface area contributed by atoms with Crippen LogP contribution in [0.5, 0.6) is 0 Å². The van der Waals surface area contributed by atoms with Gasteiger partial charge in [-0.05, 0) is 55.8 Å². The molecule has 6 nitrogen and oxygen atoms in total. The molecular formula is C20H21Cl2N3O3. The third kappa shape index (κ3) is 4.69. The second-order valence-corrected chi connectivity index (χ2v) is 7.53. The van der Waals surface area contributed by atoms with E-state index in [1.54, 1.807) is 46.2 Å². The Morgan fingerprint density at radius 1 is 1.18 bits per heavy atom. The van der Waals surface area contributed by atoms with Crippen LogP contribution in [-0.2, 0) is 11.3 Å². The molecular weight excluding hydrogens is 401 g/mol. The van der Waals surface area contributed by atoms with Crippen LogP contribution >= 0.6 is 23.2 Å². The van der Waals surface area contributed by atoms with Gasteiger partial charge < -0.3 is 15.0 Å². The Kier molecular flexibility index (Phi) is 6.31. The van der Waals surface area contributed by atoms with Crippen molar-refractivity contribution in [2.24, 2.45) is 0 Å². The highest BCUT2D eigenvalue weighted by Crippen LogP contribution is 2.24. The zero-order valence-electron chi connectivity index (χ0n) is 15.6. The van der Waals surface area contributed by atoms with E-state index in [4.69, 9.17) is 27.9 Å². The maximum absolute atomic E-state index is 12.8. The van der Waals surface area contributed by atoms with Crippen molar-refractivity contribution in [3.05, 3.63) is 58.1 Å². The Bertz CT molecular complexity index is 871. The molecule has 1 N–H and O–H groups in total. The predicted molar refractivity (Wildman–Crippen MR) is 111 cm³/mol. The lowest BCUT2D eigenvalue weighted by molar-refractivity contribution is 0.181. The van der Waals surface area contributed by atoms with Gasteiger partial charge in [0.2, 0.25) is 0 Å². The summed E-state index contributed by atoms with van der Waals surface area (Å²) in [4.78, 5) is 27.7. The van der Waals surface area contributed by atoms with Crippen LogP contribution in [0, 0.1) is 0 Å². The zero-order chi connectivity index (χ0) is 20.3. The van der Waals surface area contributed by atoms with Gasteiger partial charge in [-0.15, -0.1) is 0 Å². The monoisotopic (exact) mass is 421 g/mol. The summed E-state index contributed by atoms with van der Waals surface area (Å²) in [5, 5.41) is 3.83. The molecule has 8 heteroatoms. The van der Waals surface area contributed by atoms with E-state index in [0.29, 0.717) is 35.4 Å². The first kappa shape index (κ1) is 20.3. The van der Waals surface area contributed by atoms with Crippen molar-refractivity contribution in [3.8, 4) is 0 Å². The first-order valence-electron chi connectivity index (χ1n) is 8.91. The molecule has 0 atom stereocenters. The van der Waals surface area contributed by atoms with Gasteiger partial charge in [-0.25, -0.2) is 9.59 Å². The van der Waals surface area contributed by atoms with Gasteiger partial charge in [0.1, 0.15) is 6.61 Å². The normalized spacial score (nSPS) is 13.6. The zero-order valence-corrected chi connectivity index (χ0v) is 17.1. The predicted octanol–water partition coefficient (Wildman–Crippen LogP) is 5.39. The number of hydrogen-bond acceptors (Lipinski definition) is 3. The number of anilines is 2. The molecule has 1 saturated heterocycles. The number of ether oxygens (including phenoxy) is 1. The Labute approximate surface area is 174 Å². The lowest BCUT2D eigenvalue weighted by atomic mass is 10.2. The van der Waals surface area contributed by atoms with Gasteiger partial charge in [0.15, 0.2) is 0 Å². The first-order valence-corrected chi connectivity index (χ1v) is 9.66. The number of carbonyl (C=O) groups excluding carboxylic acids is 2. The number of nitrogens with one attached hydrogen (secondary N) is 1. The second-order valence-electron chi connectivity index (χ2n) is 6.71. The molecule has 2 aromatic rings. The molecule has 0 radical (unpaired) electrons. The summed E-state index contributed by atoms with van der Waals surface area (Å²) in [5.74, 6) is 0. The minimum Gasteiger partial charge on any atom is -0.447 e. The number of urea groups is 1. The smallest absolute Gasteiger partial charge is 0.414 e. The molecule has 0 bridgehead atoms. The molecule has 0 aliphatic carbocycles. The van der Waals surface area contributed by atoms with Crippen molar-refractivity contribution in [1.29, 1.82) is 0 Å². The number of cyclic esters (lactones) is 1. The molecule has 1 heterocycles. The van der Waals surface area contributed by atoms with Gasteiger partial charge in [0.25, 0.3) is 0 Å². The molecule has 1 aliphatic rings. The van der Waals surface area contributed by atoms with Crippen molar-refractivity contribution in [2.45, 2.75) is 26.4 Å². The first-order chi connectivity index (χ1) is 13.3. The van der Waals surface area contributed by atoms with E-state index in [2.05, 4.69) is 5.32 Å². The minimum absolute atomic E-state index is 0.0203. The summed E-state index contributed by atoms with van der Waals surface area (Å²) in [6.45, 7) is 5.20. The number of amides is 3. The molecule has 1 aliphatic heterocycles. The lowest BCUT2D eigenvalue weighted by Gasteiger charge is -2.27. The highest BCUT2D eigenvalue weighted by Gasteiger charge is 2.23. The lowest BCUT2D eigenvalue weighted by Crippen LogP contribution is -2.39. The summed E-state index contributed by atoms with van der Waals surface area (Å²) in [6.07, 6.45) is -0.357. The maximum Gasteiger partial charge on any atom is 0.414 e. The van der Waals surface area contributed by atoms with E-state index in [9.17, 15) is 9.59 Å². The summed E-state index contributed by atoms with van der Waals surface area (Å²) in [6, 6.07) is 12.2. The molecule has 0 unspecified atom stereocenters. The van der Waals surface area contributed by atoms with Crippen LogP contribution in [0.4, 0.5) is 21.0 Å². The molecule has 3 rings (SSSR count). The van der Waals surface area contributed by atoms with Gasteiger partial charge in [0.05, 0.1) is 16.6 Å². The van der Waals surface area contributed by atoms with Crippen molar-refractivity contribution >= 4 is 46.7 Å². The van der Waals surface area contributed by atoms with Gasteiger partial charge in [-0.2, -0.15) is 0 Å². The van der Waals surface area contributed by atoms with Crippen LogP contribution in [0.1, 0.15) is 19.4 Å². The largest absolute Gasteiger partial charge is 0.447 e. The van der Waals surface area contributed by atoms with Gasteiger partial charge in [-0.3, -0.25) is 4.90 Å². The number of carbonyl (C=O) groups is 2. The fourth-order valence-electron chi connectivity index (χ4n) is 2.87. The topological polar surface area (TPSA) is 61.9 Å². The van der Waals surface area contributed by atoms with Crippen molar-refractivity contribution in [3.63, 3.8) is 0 Å². The Balaban J connectivity index is 1.68. The van der Waals surface area contributed by atoms with Crippen molar-refractivity contribution < 1.29 is 14.3 Å². The fraction of sp³-hybridized carbons (Fsp3) is 0.300. The molecule has 1 fully saturated rings. The Morgan fingerprint density at radius 2 is 1.89 bits per heavy atom. The van der Waals surface area contributed by atoms with E-state index in [0.717, 1.165) is 11.3 Å². The molecule has 0 aromatic heterocycles. The molecule has 148 valence electrons. The van der Waals surface area contributed by atoms with Crippen LogP contribution in [-0.4, -0.2) is 36.2 Å². The van der Waals surface area contributed by atoms with E-state index >= 15 is 0 Å². The van der Waals surface area contributed by atoms with E-state index < -0.39 is 0 Å². The van der Waals surface area contributed by atoms with E-state index in [1.807, 2.05) is 19.9 Å². The molecule has 3 amide bonds. The Hall–Kier alpha value is -2.44. The highest BCUT2D eigenvalue weighted by molar-refractivity contribution is 6.42. The second kappa shape index (κ2) is 8.71. The van der Waals surface area contributed by atoms with Crippen LogP contribution in [0.15, 0.2) is 42.5 Å². The van der Waals surface area contributed by atoms with E-state index in [1.165, 1.54) is 0 Å². The maximum atomic E-state index is 12.8. The molecule has 0 saturated carbocycles. The summed E-state index contributed by atoms with van der Waals surface area (Å²) in [7, 11) is 0. The van der Waals surface area contributed by atoms with Gasteiger partial charge in [0, 0.05) is 24.0 Å². The van der Waals surface area contributed by atoms with Crippen LogP contribution in [0.2, 0.25) is 10.0 Å². The van der Waals surface area contributed by atoms with Crippen molar-refractivity contribution in [1.82, 2.24) is 4.90 Å². The minimum atomic E-state index is -0.357. The summed E-state index contributed by atoms with van der Waals surface area (Å²) < 4.78 is 4.94. The van der Waals surface area contributed by atoms with Gasteiger partial charge >= 0.3 is 12.1 Å². The van der Waals surface area contributed by atoms with Crippen LogP contribution in [0.25, 0.3) is 0 Å². The SMILES string of the molecule is CC(C)N(Cc1ccc(Cl)c(Cl)c1)C(=O)Nc1ccc(N2CCOC2=O)cc1. The van der Waals surface area contributed by atoms with Crippen molar-refractivity contribution in [2.75, 3.05) is 23.4 Å². The fourth-order valence-corrected chi connectivity index (χ4v) is 3.19. The standard InChI is InChI=1S/C20H21Cl2N3O3/c1-13(2)25(12-14-3-8-17(21)18(22)11-14)19(26)23-15-4-6-16(7-5-15)24-9-10-28-20(24)27/h3-8,11,13H,9-10,12H2,1-2H3,(H,23,26). The molecule has 0 spiro atoms. The van der Waals surface area contributed by atoms with Crippen LogP contribution in [0.3, 0.4) is 0 Å². The molecule has 28 heavy (non-hydrogen) atoms. The summed E-state index contributed by atoms with van der Waals surface area (Å²) in [5.41, 5.74) is 2.26. The number of halogens is 2. The average Bonchev–Trinajstić information content (AvgIpc) is 3.09. The number of nitrogens with zero attached hydrogens (tertiary/aromatic N) is 2. The highest BCUT2D eigenvalue weighted by atomic mass is 35.5. The number of benzene rings is 2. The number of rotatable bonds is 5. The van der Waals surface area contributed by atoms with Gasteiger partial charge in [-0.1, -0.05) is 29.3 Å². The average molecular weight is 422 g/mol. The third-order valence-corrected chi connectivity index (χ3v) is 5.15. The van der Waals surface area contributed by atoms with E-state index in [-0.39, 0.29) is 18.2 Å². The third-order valence-electron chi connectivity index (χ3n) is 4.41. The molecule has 2 aromatic carbocycles. The Morgan fingerprint density at radius 3 is 2.46 bits per heavy atom. The number of hydrogen-bond donors (Lipinski definition) is 1. The summed E-state index contributed by atoms with van der Waals surface area (Å²) >= 11 is 12.0.